The Morgan fingerprint density at radius 1 is 1.30 bits per heavy atom. The van der Waals surface area contributed by atoms with Crippen molar-refractivity contribution >= 4 is 19.6 Å². The van der Waals surface area contributed by atoms with E-state index in [1.807, 2.05) is 24.3 Å². The summed E-state index contributed by atoms with van der Waals surface area (Å²) >= 11 is 0. The molecule has 1 aromatic rings. The lowest BCUT2D eigenvalue weighted by atomic mass is 9.97. The highest BCUT2D eigenvalue weighted by atomic mass is 31.2. The SMILES string of the molecule is CC(C)OC(=O)[C@H](C)NP(C)(=O)Oc1cccc2c1CCC=C2. The maximum atomic E-state index is 12.7. The van der Waals surface area contributed by atoms with Gasteiger partial charge in [-0.25, -0.2) is 5.09 Å². The molecule has 1 aliphatic carbocycles. The number of ether oxygens (including phenoxy) is 1. The van der Waals surface area contributed by atoms with Crippen molar-refractivity contribution in [1.82, 2.24) is 5.09 Å². The molecule has 6 heteroatoms. The zero-order valence-electron chi connectivity index (χ0n) is 14.0. The third-order valence-corrected chi connectivity index (χ3v) is 4.84. The molecule has 0 fully saturated rings. The topological polar surface area (TPSA) is 64.6 Å². The molecule has 0 spiro atoms. The summed E-state index contributed by atoms with van der Waals surface area (Å²) in [4.78, 5) is 11.8. The monoisotopic (exact) mass is 337 g/mol. The van der Waals surface area contributed by atoms with Gasteiger partial charge in [-0.15, -0.1) is 0 Å². The van der Waals surface area contributed by atoms with Crippen LogP contribution in [-0.2, 0) is 20.5 Å². The molecule has 0 heterocycles. The lowest BCUT2D eigenvalue weighted by molar-refractivity contribution is -0.149. The number of carbonyl (C=O) groups excluding carboxylic acids is 1. The van der Waals surface area contributed by atoms with Gasteiger partial charge >= 0.3 is 13.5 Å². The number of benzene rings is 1. The van der Waals surface area contributed by atoms with Crippen LogP contribution in [0.25, 0.3) is 6.08 Å². The van der Waals surface area contributed by atoms with E-state index in [4.69, 9.17) is 9.26 Å². The Morgan fingerprint density at radius 2 is 2.04 bits per heavy atom. The van der Waals surface area contributed by atoms with E-state index in [0.29, 0.717) is 5.75 Å². The average molecular weight is 337 g/mol. The third-order valence-electron chi connectivity index (χ3n) is 3.43. The quantitative estimate of drug-likeness (QED) is 0.632. The minimum absolute atomic E-state index is 0.211. The summed E-state index contributed by atoms with van der Waals surface area (Å²) in [6.07, 6.45) is 5.73. The van der Waals surface area contributed by atoms with Gasteiger partial charge in [0.25, 0.3) is 0 Å². The first-order chi connectivity index (χ1) is 10.8. The van der Waals surface area contributed by atoms with Gasteiger partial charge in [-0.2, -0.15) is 0 Å². The van der Waals surface area contributed by atoms with E-state index < -0.39 is 19.5 Å². The normalized spacial score (nSPS) is 17.3. The second-order valence-electron chi connectivity index (χ2n) is 6.04. The minimum atomic E-state index is -3.19. The second kappa shape index (κ2) is 7.33. The van der Waals surface area contributed by atoms with E-state index in [-0.39, 0.29) is 6.10 Å². The van der Waals surface area contributed by atoms with Crippen LogP contribution in [0.5, 0.6) is 5.75 Å². The van der Waals surface area contributed by atoms with Crippen molar-refractivity contribution in [3.8, 4) is 5.75 Å². The maximum Gasteiger partial charge on any atom is 0.323 e. The summed E-state index contributed by atoms with van der Waals surface area (Å²) in [5.41, 5.74) is 2.14. The fraction of sp³-hybridized carbons (Fsp3) is 0.471. The summed E-state index contributed by atoms with van der Waals surface area (Å²) in [7, 11) is -3.19. The summed E-state index contributed by atoms with van der Waals surface area (Å²) in [6, 6.07) is 4.99. The summed E-state index contributed by atoms with van der Waals surface area (Å²) < 4.78 is 23.6. The number of esters is 1. The Balaban J connectivity index is 2.08. The van der Waals surface area contributed by atoms with Crippen LogP contribution in [0.3, 0.4) is 0 Å². The van der Waals surface area contributed by atoms with Gasteiger partial charge in [0, 0.05) is 12.2 Å². The van der Waals surface area contributed by atoms with Crippen LogP contribution in [0.2, 0.25) is 0 Å². The van der Waals surface area contributed by atoms with Crippen LogP contribution in [-0.4, -0.2) is 24.8 Å². The van der Waals surface area contributed by atoms with Gasteiger partial charge in [0.1, 0.15) is 11.8 Å². The number of allylic oxidation sites excluding steroid dienone is 1. The number of rotatable bonds is 6. The van der Waals surface area contributed by atoms with Crippen molar-refractivity contribution in [3.05, 3.63) is 35.4 Å². The van der Waals surface area contributed by atoms with Crippen molar-refractivity contribution in [2.24, 2.45) is 0 Å². The molecule has 0 aliphatic heterocycles. The zero-order valence-corrected chi connectivity index (χ0v) is 14.9. The van der Waals surface area contributed by atoms with Gasteiger partial charge in [-0.1, -0.05) is 24.3 Å². The van der Waals surface area contributed by atoms with Gasteiger partial charge in [0.15, 0.2) is 0 Å². The fourth-order valence-electron chi connectivity index (χ4n) is 2.48. The van der Waals surface area contributed by atoms with E-state index in [1.54, 1.807) is 20.8 Å². The molecule has 5 nitrogen and oxygen atoms in total. The molecule has 1 N–H and O–H groups in total. The smallest absolute Gasteiger partial charge is 0.323 e. The largest absolute Gasteiger partial charge is 0.462 e. The number of nitrogens with one attached hydrogen (secondary N) is 1. The van der Waals surface area contributed by atoms with Gasteiger partial charge in [-0.05, 0) is 45.2 Å². The molecule has 126 valence electrons. The minimum Gasteiger partial charge on any atom is -0.462 e. The molecule has 2 rings (SSSR count). The second-order valence-corrected chi connectivity index (χ2v) is 8.17. The molecule has 0 radical (unpaired) electrons. The molecule has 0 aromatic heterocycles. The fourth-order valence-corrected chi connectivity index (χ4v) is 3.89. The van der Waals surface area contributed by atoms with Crippen LogP contribution in [0.1, 0.15) is 38.3 Å². The third kappa shape index (κ3) is 4.95. The Labute approximate surface area is 137 Å². The van der Waals surface area contributed by atoms with Crippen molar-refractivity contribution in [3.63, 3.8) is 0 Å². The van der Waals surface area contributed by atoms with Gasteiger partial charge in [0.05, 0.1) is 6.10 Å². The predicted molar refractivity (Wildman–Crippen MR) is 91.8 cm³/mol. The summed E-state index contributed by atoms with van der Waals surface area (Å²) in [5, 5.41) is 2.76. The van der Waals surface area contributed by atoms with Crippen molar-refractivity contribution in [2.45, 2.75) is 45.8 Å². The standard InChI is InChI=1S/C17H24NO4P/c1-12(2)21-17(19)13(3)18-23(4,20)22-16-11-7-9-14-8-5-6-10-15(14)16/h5,7-9,11-13H,6,10H2,1-4H3,(H,18,20)/t13-,23?/m0/s1. The van der Waals surface area contributed by atoms with E-state index in [9.17, 15) is 9.36 Å². The first-order valence-corrected chi connectivity index (χ1v) is 9.89. The summed E-state index contributed by atoms with van der Waals surface area (Å²) in [5.74, 6) is 0.165. The van der Waals surface area contributed by atoms with Gasteiger partial charge in [-0.3, -0.25) is 9.36 Å². The molecule has 0 bridgehead atoms. The van der Waals surface area contributed by atoms with Crippen LogP contribution < -0.4 is 9.61 Å². The lowest BCUT2D eigenvalue weighted by Crippen LogP contribution is -2.35. The highest BCUT2D eigenvalue weighted by Gasteiger charge is 2.27. The van der Waals surface area contributed by atoms with Gasteiger partial charge in [0.2, 0.25) is 0 Å². The molecule has 0 saturated heterocycles. The molecular formula is C17H24NO4P. The summed E-state index contributed by atoms with van der Waals surface area (Å²) in [6.45, 7) is 6.64. The Hall–Kier alpha value is -1.58. The van der Waals surface area contributed by atoms with Crippen LogP contribution in [0.4, 0.5) is 0 Å². The first-order valence-electron chi connectivity index (χ1n) is 7.82. The van der Waals surface area contributed by atoms with E-state index in [0.717, 1.165) is 24.0 Å². The van der Waals surface area contributed by atoms with E-state index in [1.165, 1.54) is 6.66 Å². The zero-order chi connectivity index (χ0) is 17.0. The van der Waals surface area contributed by atoms with E-state index >= 15 is 0 Å². The lowest BCUT2D eigenvalue weighted by Gasteiger charge is -2.23. The highest BCUT2D eigenvalue weighted by molar-refractivity contribution is 7.56. The van der Waals surface area contributed by atoms with Crippen LogP contribution in [0, 0.1) is 0 Å². The van der Waals surface area contributed by atoms with Crippen LogP contribution in [0.15, 0.2) is 24.3 Å². The number of fused-ring (bicyclic) bond motifs is 1. The van der Waals surface area contributed by atoms with Gasteiger partial charge < -0.3 is 9.26 Å². The molecule has 2 atom stereocenters. The highest BCUT2D eigenvalue weighted by Crippen LogP contribution is 2.42. The number of hydrogen-bond acceptors (Lipinski definition) is 4. The van der Waals surface area contributed by atoms with Crippen molar-refractivity contribution < 1.29 is 18.6 Å². The van der Waals surface area contributed by atoms with E-state index in [2.05, 4.69) is 11.2 Å². The molecule has 0 saturated carbocycles. The number of carbonyl (C=O) groups is 1. The average Bonchev–Trinajstić information content (AvgIpc) is 2.46. The van der Waals surface area contributed by atoms with Crippen molar-refractivity contribution in [1.29, 1.82) is 0 Å². The maximum absolute atomic E-state index is 12.7. The molecule has 0 amide bonds. The van der Waals surface area contributed by atoms with Crippen molar-refractivity contribution in [2.75, 3.05) is 6.66 Å². The number of hydrogen-bond donors (Lipinski definition) is 1. The predicted octanol–water partition coefficient (Wildman–Crippen LogP) is 3.78. The molecular weight excluding hydrogens is 313 g/mol. The molecule has 1 unspecified atom stereocenters. The Kier molecular flexibility index (Phi) is 5.66. The van der Waals surface area contributed by atoms with Crippen LogP contribution >= 0.6 is 7.52 Å². The Bertz CT molecular complexity index is 654. The molecule has 1 aliphatic rings. The Morgan fingerprint density at radius 3 is 2.74 bits per heavy atom. The molecule has 23 heavy (non-hydrogen) atoms. The molecule has 1 aromatic carbocycles. The first kappa shape index (κ1) is 17.8.